The summed E-state index contributed by atoms with van der Waals surface area (Å²) >= 11 is 0. The average Bonchev–Trinajstić information content (AvgIpc) is 2.99. The predicted octanol–water partition coefficient (Wildman–Crippen LogP) is 3.92. The van der Waals surface area contributed by atoms with Crippen LogP contribution in [0.2, 0.25) is 0 Å². The maximum atomic E-state index is 12.5. The fraction of sp³-hybridized carbons (Fsp3) is 0.300. The van der Waals surface area contributed by atoms with Crippen molar-refractivity contribution in [2.75, 3.05) is 19.4 Å². The molecule has 0 saturated carbocycles. The molecule has 1 aliphatic rings. The molecule has 1 unspecified atom stereocenters. The number of likely N-dealkylation sites (N-methyl/N-ethyl adjacent to an activating group) is 1. The van der Waals surface area contributed by atoms with Crippen LogP contribution in [0.1, 0.15) is 28.1 Å². The number of carbonyl (C=O) groups excluding carboxylic acids is 1. The Morgan fingerprint density at radius 2 is 2.15 bits per heavy atom. The van der Waals surface area contributed by atoms with Crippen molar-refractivity contribution in [1.82, 2.24) is 9.88 Å². The van der Waals surface area contributed by atoms with Gasteiger partial charge in [0.05, 0.1) is 11.9 Å². The lowest BCUT2D eigenvalue weighted by atomic mass is 9.91. The number of hydrogen-bond donors (Lipinski definition) is 1. The minimum atomic E-state index is -0.134. The molecule has 1 atom stereocenters. The van der Waals surface area contributed by atoms with Gasteiger partial charge in [0.2, 0.25) is 0 Å². The first-order valence-corrected chi connectivity index (χ1v) is 8.54. The summed E-state index contributed by atoms with van der Waals surface area (Å²) in [5, 5.41) is 3.94. The van der Waals surface area contributed by atoms with Gasteiger partial charge in [-0.2, -0.15) is 0 Å². The molecule has 136 valence electrons. The third kappa shape index (κ3) is 3.45. The van der Waals surface area contributed by atoms with Crippen LogP contribution in [0.5, 0.6) is 0 Å². The third-order valence-corrected chi connectivity index (χ3v) is 4.93. The summed E-state index contributed by atoms with van der Waals surface area (Å²) in [5.74, 6) is 0.933. The van der Waals surface area contributed by atoms with Gasteiger partial charge in [-0.25, -0.2) is 0 Å². The van der Waals surface area contributed by atoms with E-state index in [1.54, 1.807) is 18.5 Å². The van der Waals surface area contributed by atoms with Crippen molar-refractivity contribution in [2.24, 2.45) is 0 Å². The molecule has 0 fully saturated rings. The molecule has 5 nitrogen and oxygen atoms in total. The molecule has 26 heavy (non-hydrogen) atoms. The van der Waals surface area contributed by atoms with Gasteiger partial charge in [0.1, 0.15) is 11.3 Å². The first-order chi connectivity index (χ1) is 12.1. The number of rotatable bonds is 3. The fourth-order valence-corrected chi connectivity index (χ4v) is 3.48. The van der Waals surface area contributed by atoms with Gasteiger partial charge in [-0.1, -0.05) is 0 Å². The molecule has 0 aliphatic heterocycles. The van der Waals surface area contributed by atoms with Crippen molar-refractivity contribution in [3.8, 4) is 0 Å². The van der Waals surface area contributed by atoms with E-state index in [-0.39, 0.29) is 18.3 Å². The summed E-state index contributed by atoms with van der Waals surface area (Å²) in [6.07, 6.45) is 6.33. The number of hydrogen-bond acceptors (Lipinski definition) is 4. The van der Waals surface area contributed by atoms with Crippen molar-refractivity contribution in [2.45, 2.75) is 25.3 Å². The van der Waals surface area contributed by atoms with Crippen LogP contribution in [0.4, 0.5) is 5.69 Å². The number of fused-ring (bicyclic) bond motifs is 3. The van der Waals surface area contributed by atoms with Gasteiger partial charge in [-0.05, 0) is 57.3 Å². The van der Waals surface area contributed by atoms with E-state index in [9.17, 15) is 4.79 Å². The molecule has 6 heteroatoms. The van der Waals surface area contributed by atoms with E-state index in [0.29, 0.717) is 17.3 Å². The molecule has 0 radical (unpaired) electrons. The number of carbonyl (C=O) groups is 1. The number of nitrogens with zero attached hydrogens (tertiary/aromatic N) is 2. The minimum absolute atomic E-state index is 0. The highest BCUT2D eigenvalue weighted by molar-refractivity contribution is 6.06. The molecular weight excluding hydrogens is 350 g/mol. The van der Waals surface area contributed by atoms with E-state index >= 15 is 0 Å². The zero-order chi connectivity index (χ0) is 17.4. The Bertz CT molecular complexity index is 921. The second-order valence-corrected chi connectivity index (χ2v) is 6.77. The van der Waals surface area contributed by atoms with Crippen LogP contribution >= 0.6 is 12.4 Å². The van der Waals surface area contributed by atoms with Crippen molar-refractivity contribution < 1.29 is 9.21 Å². The smallest absolute Gasteiger partial charge is 0.255 e. The Hall–Kier alpha value is -2.37. The number of pyridine rings is 1. The number of aryl methyl sites for hydroxylation is 1. The second kappa shape index (κ2) is 7.48. The summed E-state index contributed by atoms with van der Waals surface area (Å²) in [5.41, 5.74) is 3.43. The van der Waals surface area contributed by atoms with E-state index in [0.717, 1.165) is 36.0 Å². The van der Waals surface area contributed by atoms with Gasteiger partial charge in [0.15, 0.2) is 0 Å². The molecule has 1 aliphatic carbocycles. The van der Waals surface area contributed by atoms with Gasteiger partial charge in [-0.15, -0.1) is 12.4 Å². The standard InChI is InChI=1S/C20H21N3O2.ClH/c1-23(2)15-6-8-19-17(11-15)16-10-13(5-7-18(16)25-19)20(24)22-14-4-3-9-21-12-14;/h3-5,7,9-10,12,15H,6,8,11H2,1-2H3,(H,22,24);1H. The lowest BCUT2D eigenvalue weighted by molar-refractivity contribution is 0.102. The van der Waals surface area contributed by atoms with E-state index in [4.69, 9.17) is 4.42 Å². The molecule has 2 heterocycles. The average molecular weight is 372 g/mol. The van der Waals surface area contributed by atoms with Gasteiger partial charge in [0.25, 0.3) is 5.91 Å². The Morgan fingerprint density at radius 1 is 1.31 bits per heavy atom. The molecule has 2 aromatic heterocycles. The number of aromatic nitrogens is 1. The van der Waals surface area contributed by atoms with E-state index in [1.165, 1.54) is 5.56 Å². The van der Waals surface area contributed by atoms with Crippen LogP contribution in [-0.4, -0.2) is 35.9 Å². The normalized spacial score (nSPS) is 16.2. The van der Waals surface area contributed by atoms with Crippen molar-refractivity contribution in [1.29, 1.82) is 0 Å². The van der Waals surface area contributed by atoms with Gasteiger partial charge >= 0.3 is 0 Å². The quantitative estimate of drug-likeness (QED) is 0.758. The van der Waals surface area contributed by atoms with E-state index < -0.39 is 0 Å². The molecule has 0 saturated heterocycles. The topological polar surface area (TPSA) is 58.4 Å². The lowest BCUT2D eigenvalue weighted by Crippen LogP contribution is -2.33. The van der Waals surface area contributed by atoms with Crippen molar-refractivity contribution in [3.05, 3.63) is 59.6 Å². The van der Waals surface area contributed by atoms with Crippen LogP contribution in [0.25, 0.3) is 11.0 Å². The molecule has 3 aromatic rings. The fourth-order valence-electron chi connectivity index (χ4n) is 3.48. The number of nitrogens with one attached hydrogen (secondary N) is 1. The minimum Gasteiger partial charge on any atom is -0.461 e. The number of benzene rings is 1. The summed E-state index contributed by atoms with van der Waals surface area (Å²) in [6.45, 7) is 0. The third-order valence-electron chi connectivity index (χ3n) is 4.93. The van der Waals surface area contributed by atoms with Crippen LogP contribution in [-0.2, 0) is 12.8 Å². The Morgan fingerprint density at radius 3 is 2.88 bits per heavy atom. The lowest BCUT2D eigenvalue weighted by Gasteiger charge is -2.27. The number of furan rings is 1. The molecule has 1 amide bonds. The van der Waals surface area contributed by atoms with Gasteiger partial charge < -0.3 is 14.6 Å². The maximum absolute atomic E-state index is 12.5. The first-order valence-electron chi connectivity index (χ1n) is 8.54. The Labute approximate surface area is 158 Å². The Kier molecular flexibility index (Phi) is 5.30. The number of halogens is 1. The number of amides is 1. The van der Waals surface area contributed by atoms with Crippen molar-refractivity contribution >= 4 is 35.0 Å². The summed E-state index contributed by atoms with van der Waals surface area (Å²) < 4.78 is 6.01. The van der Waals surface area contributed by atoms with Gasteiger partial charge in [-0.3, -0.25) is 9.78 Å². The first kappa shape index (κ1) is 18.4. The molecule has 1 N–H and O–H groups in total. The summed E-state index contributed by atoms with van der Waals surface area (Å²) in [4.78, 5) is 18.8. The van der Waals surface area contributed by atoms with E-state index in [1.807, 2.05) is 24.3 Å². The maximum Gasteiger partial charge on any atom is 0.255 e. The highest BCUT2D eigenvalue weighted by Gasteiger charge is 2.25. The van der Waals surface area contributed by atoms with Crippen LogP contribution in [0.15, 0.2) is 47.1 Å². The molecule has 1 aromatic carbocycles. The largest absolute Gasteiger partial charge is 0.461 e. The summed E-state index contributed by atoms with van der Waals surface area (Å²) in [6, 6.07) is 9.79. The zero-order valence-electron chi connectivity index (χ0n) is 14.9. The number of anilines is 1. The monoisotopic (exact) mass is 371 g/mol. The van der Waals surface area contributed by atoms with Crippen molar-refractivity contribution in [3.63, 3.8) is 0 Å². The second-order valence-electron chi connectivity index (χ2n) is 6.77. The SMILES string of the molecule is CN(C)C1CCc2oc3ccc(C(=O)Nc4cccnc4)cc3c2C1.Cl. The van der Waals surface area contributed by atoms with Gasteiger partial charge in [0, 0.05) is 35.2 Å². The molecule has 0 bridgehead atoms. The molecule has 0 spiro atoms. The van der Waals surface area contributed by atoms with Crippen LogP contribution < -0.4 is 5.32 Å². The predicted molar refractivity (Wildman–Crippen MR) is 105 cm³/mol. The molecule has 4 rings (SSSR count). The van der Waals surface area contributed by atoms with E-state index in [2.05, 4.69) is 29.3 Å². The van der Waals surface area contributed by atoms with Crippen LogP contribution in [0.3, 0.4) is 0 Å². The zero-order valence-corrected chi connectivity index (χ0v) is 15.7. The van der Waals surface area contributed by atoms with Crippen LogP contribution in [0, 0.1) is 0 Å². The highest BCUT2D eigenvalue weighted by atomic mass is 35.5. The summed E-state index contributed by atoms with van der Waals surface area (Å²) in [7, 11) is 4.23. The molecular formula is C20H22ClN3O2. The Balaban J connectivity index is 0.00000196. The highest BCUT2D eigenvalue weighted by Crippen LogP contribution is 2.33.